The molecule has 190 valence electrons. The number of nitrogens with one attached hydrogen (secondary N) is 2. The topological polar surface area (TPSA) is 99.4 Å². The van der Waals surface area contributed by atoms with Crippen LogP contribution in [0.25, 0.3) is 0 Å². The van der Waals surface area contributed by atoms with Crippen LogP contribution in [0, 0.1) is 5.82 Å². The Morgan fingerprint density at radius 2 is 1.70 bits per heavy atom. The Labute approximate surface area is 214 Å². The van der Waals surface area contributed by atoms with Crippen LogP contribution in [0.5, 0.6) is 0 Å². The largest absolute Gasteiger partial charge is 0.448 e. The van der Waals surface area contributed by atoms with Crippen LogP contribution in [-0.2, 0) is 6.54 Å². The zero-order chi connectivity index (χ0) is 25.6. The number of hydrogen-bond acceptors (Lipinski definition) is 8. The highest BCUT2D eigenvalue weighted by molar-refractivity contribution is 5.94. The summed E-state index contributed by atoms with van der Waals surface area (Å²) in [6.45, 7) is 2.08. The Bertz CT molecular complexity index is 1310. The number of benzene rings is 2. The first-order valence-electron chi connectivity index (χ1n) is 12.1. The summed E-state index contributed by atoms with van der Waals surface area (Å²) >= 11 is 0. The van der Waals surface area contributed by atoms with Gasteiger partial charge in [0.05, 0.1) is 12.7 Å². The van der Waals surface area contributed by atoms with Crippen molar-refractivity contribution >= 4 is 29.0 Å². The molecule has 2 N–H and O–H groups in total. The van der Waals surface area contributed by atoms with E-state index in [1.807, 2.05) is 29.2 Å². The Kier molecular flexibility index (Phi) is 7.36. The third-order valence-corrected chi connectivity index (χ3v) is 6.40. The Morgan fingerprint density at radius 1 is 1.00 bits per heavy atom. The van der Waals surface area contributed by atoms with E-state index in [0.29, 0.717) is 48.9 Å². The number of amides is 1. The van der Waals surface area contributed by atoms with Gasteiger partial charge in [0, 0.05) is 42.3 Å². The van der Waals surface area contributed by atoms with Gasteiger partial charge >= 0.3 is 0 Å². The predicted molar refractivity (Wildman–Crippen MR) is 138 cm³/mol. The number of likely N-dealkylation sites (tertiary alicyclic amines) is 1. The lowest BCUT2D eigenvalue weighted by molar-refractivity contribution is 0.0631. The first-order valence-corrected chi connectivity index (χ1v) is 12.1. The molecule has 0 unspecified atom stereocenters. The SMILES string of the molecule is CN(Cc1ncco1)C1CCN(C(=O)c2ccc(Nc3nccc(Nc4ccc(F)cc4)n3)cc2)CC1. The van der Waals surface area contributed by atoms with E-state index in [1.165, 1.54) is 12.1 Å². The molecule has 2 aromatic heterocycles. The van der Waals surface area contributed by atoms with E-state index >= 15 is 0 Å². The van der Waals surface area contributed by atoms with Crippen molar-refractivity contribution in [3.8, 4) is 0 Å². The average Bonchev–Trinajstić information content (AvgIpc) is 3.43. The molecule has 1 fully saturated rings. The fourth-order valence-electron chi connectivity index (χ4n) is 4.36. The molecule has 1 saturated heterocycles. The number of carbonyl (C=O) groups is 1. The molecule has 2 aromatic carbocycles. The third-order valence-electron chi connectivity index (χ3n) is 6.40. The van der Waals surface area contributed by atoms with Gasteiger partial charge in [0.25, 0.3) is 5.91 Å². The van der Waals surface area contributed by atoms with E-state index in [4.69, 9.17) is 4.42 Å². The molecule has 3 heterocycles. The second-order valence-corrected chi connectivity index (χ2v) is 8.96. The van der Waals surface area contributed by atoms with Crippen molar-refractivity contribution in [2.24, 2.45) is 0 Å². The highest BCUT2D eigenvalue weighted by atomic mass is 19.1. The molecule has 10 heteroatoms. The zero-order valence-electron chi connectivity index (χ0n) is 20.5. The van der Waals surface area contributed by atoms with Gasteiger partial charge in [0.1, 0.15) is 17.9 Å². The van der Waals surface area contributed by atoms with Crippen molar-refractivity contribution in [1.82, 2.24) is 24.8 Å². The number of anilines is 4. The molecule has 1 amide bonds. The number of rotatable bonds is 8. The molecule has 37 heavy (non-hydrogen) atoms. The van der Waals surface area contributed by atoms with E-state index in [2.05, 4.69) is 37.5 Å². The number of piperidine rings is 1. The van der Waals surface area contributed by atoms with E-state index in [9.17, 15) is 9.18 Å². The van der Waals surface area contributed by atoms with Crippen molar-refractivity contribution in [3.63, 3.8) is 0 Å². The molecule has 0 saturated carbocycles. The molecule has 0 spiro atoms. The lowest BCUT2D eigenvalue weighted by Crippen LogP contribution is -2.45. The summed E-state index contributed by atoms with van der Waals surface area (Å²) in [6.07, 6.45) is 6.68. The van der Waals surface area contributed by atoms with Gasteiger partial charge in [-0.2, -0.15) is 4.98 Å². The summed E-state index contributed by atoms with van der Waals surface area (Å²) in [7, 11) is 2.07. The van der Waals surface area contributed by atoms with Crippen LogP contribution in [0.3, 0.4) is 0 Å². The molecule has 9 nitrogen and oxygen atoms in total. The van der Waals surface area contributed by atoms with Crippen LogP contribution in [0.4, 0.5) is 27.5 Å². The highest BCUT2D eigenvalue weighted by Gasteiger charge is 2.26. The van der Waals surface area contributed by atoms with Crippen molar-refractivity contribution in [2.75, 3.05) is 30.8 Å². The van der Waals surface area contributed by atoms with E-state index < -0.39 is 0 Å². The van der Waals surface area contributed by atoms with Crippen molar-refractivity contribution < 1.29 is 13.6 Å². The number of carbonyl (C=O) groups excluding carboxylic acids is 1. The number of aromatic nitrogens is 3. The van der Waals surface area contributed by atoms with E-state index in [1.54, 1.807) is 36.9 Å². The fraction of sp³-hybridized carbons (Fsp3) is 0.259. The molecule has 1 aliphatic rings. The van der Waals surface area contributed by atoms with Gasteiger partial charge in [0.2, 0.25) is 11.8 Å². The Hall–Kier alpha value is -4.31. The summed E-state index contributed by atoms with van der Waals surface area (Å²) in [5, 5.41) is 6.28. The summed E-state index contributed by atoms with van der Waals surface area (Å²) < 4.78 is 18.5. The smallest absolute Gasteiger partial charge is 0.253 e. The molecule has 0 atom stereocenters. The van der Waals surface area contributed by atoms with E-state index in [0.717, 1.165) is 24.2 Å². The Morgan fingerprint density at radius 3 is 2.41 bits per heavy atom. The van der Waals surface area contributed by atoms with Crippen LogP contribution >= 0.6 is 0 Å². The van der Waals surface area contributed by atoms with Gasteiger partial charge in [-0.05, 0) is 74.5 Å². The maximum atomic E-state index is 13.1. The number of oxazole rings is 1. The number of nitrogens with zero attached hydrogens (tertiary/aromatic N) is 5. The summed E-state index contributed by atoms with van der Waals surface area (Å²) in [5.41, 5.74) is 2.13. The number of hydrogen-bond donors (Lipinski definition) is 2. The van der Waals surface area contributed by atoms with Gasteiger partial charge in [-0.25, -0.2) is 14.4 Å². The minimum Gasteiger partial charge on any atom is -0.448 e. The standard InChI is InChI=1S/C27H28FN7O2/c1-34(18-25-29-14-17-37-25)23-11-15-35(16-12-23)26(36)19-2-6-22(7-3-19)32-27-30-13-10-24(33-27)31-21-8-4-20(28)5-9-21/h2-10,13-14,17,23H,11-12,15-16,18H2,1H3,(H2,30,31,32,33). The first kappa shape index (κ1) is 24.4. The normalized spacial score (nSPS) is 14.1. The molecule has 0 bridgehead atoms. The second kappa shape index (κ2) is 11.2. The third kappa shape index (κ3) is 6.28. The lowest BCUT2D eigenvalue weighted by Gasteiger charge is -2.36. The van der Waals surface area contributed by atoms with Crippen LogP contribution < -0.4 is 10.6 Å². The second-order valence-electron chi connectivity index (χ2n) is 8.96. The molecule has 4 aromatic rings. The van der Waals surface area contributed by atoms with Crippen molar-refractivity contribution in [2.45, 2.75) is 25.4 Å². The van der Waals surface area contributed by atoms with Crippen molar-refractivity contribution in [1.29, 1.82) is 0 Å². The van der Waals surface area contributed by atoms with Crippen molar-refractivity contribution in [3.05, 3.63) is 90.5 Å². The van der Waals surface area contributed by atoms with Gasteiger partial charge in [-0.15, -0.1) is 0 Å². The minimum atomic E-state index is -0.298. The van der Waals surface area contributed by atoms with Crippen LogP contribution in [0.2, 0.25) is 0 Å². The maximum absolute atomic E-state index is 13.1. The van der Waals surface area contributed by atoms with E-state index in [-0.39, 0.29) is 11.7 Å². The predicted octanol–water partition coefficient (Wildman–Crippen LogP) is 4.83. The summed E-state index contributed by atoms with van der Waals surface area (Å²) in [6, 6.07) is 15.5. The van der Waals surface area contributed by atoms with Gasteiger partial charge in [0.15, 0.2) is 0 Å². The zero-order valence-corrected chi connectivity index (χ0v) is 20.5. The quantitative estimate of drug-likeness (QED) is 0.354. The van der Waals surface area contributed by atoms with Crippen LogP contribution in [-0.4, -0.2) is 56.8 Å². The van der Waals surface area contributed by atoms with Crippen LogP contribution in [0.1, 0.15) is 29.1 Å². The summed E-state index contributed by atoms with van der Waals surface area (Å²) in [5.74, 6) is 1.42. The molecular weight excluding hydrogens is 473 g/mol. The van der Waals surface area contributed by atoms with Gasteiger partial charge in [-0.1, -0.05) is 0 Å². The monoisotopic (exact) mass is 501 g/mol. The summed E-state index contributed by atoms with van der Waals surface area (Å²) in [4.78, 5) is 30.1. The highest BCUT2D eigenvalue weighted by Crippen LogP contribution is 2.21. The Balaban J connectivity index is 1.14. The van der Waals surface area contributed by atoms with Crippen LogP contribution in [0.15, 0.2) is 77.7 Å². The molecular formula is C27H28FN7O2. The maximum Gasteiger partial charge on any atom is 0.253 e. The molecule has 0 radical (unpaired) electrons. The first-order chi connectivity index (χ1) is 18.0. The van der Waals surface area contributed by atoms with Gasteiger partial charge in [-0.3, -0.25) is 9.69 Å². The average molecular weight is 502 g/mol. The minimum absolute atomic E-state index is 0.0297. The number of halogens is 1. The molecule has 0 aliphatic carbocycles. The fourth-order valence-corrected chi connectivity index (χ4v) is 4.36. The molecule has 5 rings (SSSR count). The lowest BCUT2D eigenvalue weighted by atomic mass is 10.0. The van der Waals surface area contributed by atoms with Gasteiger partial charge < -0.3 is 20.0 Å². The molecule has 1 aliphatic heterocycles.